The smallest absolute Gasteiger partial charge is 0.456 e. The first-order valence-corrected chi connectivity index (χ1v) is 35.9. The molecule has 0 fully saturated rings. The van der Waals surface area contributed by atoms with E-state index in [9.17, 15) is 19.0 Å². The zero-order chi connectivity index (χ0) is 60.0. The molecule has 0 aromatic heterocycles. The lowest BCUT2D eigenvalue weighted by molar-refractivity contribution is -0.870. The van der Waals surface area contributed by atoms with Gasteiger partial charge in [-0.2, -0.15) is 0 Å². The molecule has 3 atom stereocenters. The molecule has 0 aromatic rings. The predicted octanol–water partition coefficient (Wildman–Crippen LogP) is 21.7. The van der Waals surface area contributed by atoms with Crippen LogP contribution in [0.3, 0.4) is 0 Å². The highest BCUT2D eigenvalue weighted by atomic mass is 31.2. The molecule has 0 heterocycles. The van der Waals surface area contributed by atoms with Gasteiger partial charge in [0.25, 0.3) is 0 Å². The van der Waals surface area contributed by atoms with Crippen molar-refractivity contribution in [1.29, 1.82) is 0 Å². The van der Waals surface area contributed by atoms with E-state index in [4.69, 9.17) is 13.8 Å². The Labute approximate surface area is 507 Å². The quantitative estimate of drug-likeness (QED) is 0.0205. The van der Waals surface area contributed by atoms with Crippen LogP contribution in [0.25, 0.3) is 0 Å². The van der Waals surface area contributed by atoms with Crippen LogP contribution in [0.4, 0.5) is 0 Å². The van der Waals surface area contributed by atoms with Crippen molar-refractivity contribution in [2.45, 2.75) is 322 Å². The van der Waals surface area contributed by atoms with Crippen molar-refractivity contribution >= 4 is 19.7 Å². The lowest BCUT2D eigenvalue weighted by Crippen LogP contribution is -2.47. The number of esters is 1. The van der Waals surface area contributed by atoms with Gasteiger partial charge in [-0.15, -0.1) is 0 Å². The molecule has 0 radical (unpaired) electrons. The number of likely N-dealkylation sites (N-methyl/N-ethyl adjacent to an activating group) is 1. The van der Waals surface area contributed by atoms with E-state index in [-0.39, 0.29) is 31.5 Å². The summed E-state index contributed by atoms with van der Waals surface area (Å²) in [5.74, 6) is -0.567. The van der Waals surface area contributed by atoms with Crippen molar-refractivity contribution < 1.29 is 37.3 Å². The fourth-order valence-electron chi connectivity index (χ4n) is 9.80. The summed E-state index contributed by atoms with van der Waals surface area (Å²) in [4.78, 5) is 37.8. The van der Waals surface area contributed by atoms with Crippen molar-refractivity contribution in [2.75, 3.05) is 40.9 Å². The van der Waals surface area contributed by atoms with E-state index in [0.29, 0.717) is 23.9 Å². The third kappa shape index (κ3) is 61.7. The molecule has 3 unspecified atom stereocenters. The van der Waals surface area contributed by atoms with Gasteiger partial charge in [-0.05, 0) is 96.0 Å². The molecule has 2 N–H and O–H groups in total. The standard InChI is InChI=1S/C72H131N2O7P/c1-7-10-13-16-19-22-25-28-30-32-33-34-35-36-37-38-39-40-41-43-44-46-49-52-55-58-61-64-71(75)73-69(68-80-82(77,78)79-67-66-74(4,5)6)70(63-60-57-54-51-48-27-24-21-18-15-12-9-3)81-72(76)65-62-59-56-53-50-47-45-42-31-29-26-23-20-17-14-11-8-2/h11,14,20,23,28-31,45,47,53,56,60,63,69-70H,7-10,12-13,15-19,21-22,24-27,32-44,46,48-52,54-55,57-59,61-62,64-68H2,1-6H3,(H-,73,75,77,78)/p+1/b14-11-,23-20-,30-28+,31-29-,47-45-,56-53-,63-60-. The highest BCUT2D eigenvalue weighted by Gasteiger charge is 2.30. The van der Waals surface area contributed by atoms with Gasteiger partial charge in [0.05, 0.1) is 33.8 Å². The summed E-state index contributed by atoms with van der Waals surface area (Å²) >= 11 is 0. The second-order valence-electron chi connectivity index (χ2n) is 24.3. The number of ether oxygens (including phenoxy) is 1. The van der Waals surface area contributed by atoms with E-state index in [1.807, 2.05) is 33.3 Å². The maximum Gasteiger partial charge on any atom is 0.472 e. The summed E-state index contributed by atoms with van der Waals surface area (Å²) in [6, 6.07) is -0.874. The van der Waals surface area contributed by atoms with Crippen LogP contribution in [0.1, 0.15) is 310 Å². The average Bonchev–Trinajstić information content (AvgIpc) is 3.44. The number of allylic oxidation sites excluding steroid dienone is 13. The molecule has 0 bridgehead atoms. The minimum Gasteiger partial charge on any atom is -0.456 e. The normalized spacial score (nSPS) is 14.1. The van der Waals surface area contributed by atoms with E-state index in [1.54, 1.807) is 0 Å². The number of carbonyl (C=O) groups excluding carboxylic acids is 2. The van der Waals surface area contributed by atoms with E-state index < -0.39 is 20.0 Å². The molecule has 0 spiro atoms. The van der Waals surface area contributed by atoms with Crippen LogP contribution in [-0.4, -0.2) is 74.3 Å². The van der Waals surface area contributed by atoms with Crippen LogP contribution in [0, 0.1) is 0 Å². The Balaban J connectivity index is 5.08. The molecule has 0 aliphatic rings. The average molecular weight is 1170 g/mol. The van der Waals surface area contributed by atoms with E-state index in [1.165, 1.54) is 193 Å². The fourth-order valence-corrected chi connectivity index (χ4v) is 10.5. The first-order chi connectivity index (χ1) is 39.9. The molecule has 1 amide bonds. The molecule has 0 saturated carbocycles. The number of hydrogen-bond acceptors (Lipinski definition) is 6. The van der Waals surface area contributed by atoms with E-state index in [0.717, 1.165) is 77.0 Å². The number of phosphoric ester groups is 1. The van der Waals surface area contributed by atoms with Crippen LogP contribution in [-0.2, 0) is 27.9 Å². The van der Waals surface area contributed by atoms with Gasteiger partial charge in [0.2, 0.25) is 5.91 Å². The summed E-state index contributed by atoms with van der Waals surface area (Å²) in [5, 5.41) is 3.05. The zero-order valence-corrected chi connectivity index (χ0v) is 55.4. The highest BCUT2D eigenvalue weighted by molar-refractivity contribution is 7.47. The Bertz CT molecular complexity index is 1680. The van der Waals surface area contributed by atoms with E-state index in [2.05, 4.69) is 99.0 Å². The lowest BCUT2D eigenvalue weighted by Gasteiger charge is -2.27. The molecule has 0 saturated heterocycles. The van der Waals surface area contributed by atoms with Crippen LogP contribution < -0.4 is 5.32 Å². The van der Waals surface area contributed by atoms with Gasteiger partial charge >= 0.3 is 13.8 Å². The second-order valence-corrected chi connectivity index (χ2v) is 25.8. The first kappa shape index (κ1) is 79.2. The molecule has 0 aromatic carbocycles. The summed E-state index contributed by atoms with van der Waals surface area (Å²) < 4.78 is 30.7. The Morgan fingerprint density at radius 2 is 0.793 bits per heavy atom. The van der Waals surface area contributed by atoms with Gasteiger partial charge in [-0.25, -0.2) is 4.57 Å². The predicted molar refractivity (Wildman–Crippen MR) is 355 cm³/mol. The van der Waals surface area contributed by atoms with Gasteiger partial charge < -0.3 is 19.4 Å². The van der Waals surface area contributed by atoms with Gasteiger partial charge in [-0.3, -0.25) is 18.6 Å². The van der Waals surface area contributed by atoms with Crippen LogP contribution in [0.2, 0.25) is 0 Å². The third-order valence-electron chi connectivity index (χ3n) is 15.1. The van der Waals surface area contributed by atoms with Crippen molar-refractivity contribution in [2.24, 2.45) is 0 Å². The Kier molecular flexibility index (Phi) is 59.2. The first-order valence-electron chi connectivity index (χ1n) is 34.4. The Morgan fingerprint density at radius 1 is 0.439 bits per heavy atom. The number of unbranched alkanes of at least 4 members (excludes halogenated alkanes) is 34. The molecular weight excluding hydrogens is 1040 g/mol. The maximum atomic E-state index is 13.6. The van der Waals surface area contributed by atoms with Crippen molar-refractivity contribution in [3.8, 4) is 0 Å². The lowest BCUT2D eigenvalue weighted by atomic mass is 10.0. The molecule has 476 valence electrons. The minimum atomic E-state index is -4.47. The number of nitrogens with zero attached hydrogens (tertiary/aromatic N) is 1. The molecule has 0 aliphatic heterocycles. The maximum absolute atomic E-state index is 13.6. The molecular formula is C72H132N2O7P+. The second kappa shape index (κ2) is 61.3. The fraction of sp³-hybridized carbons (Fsp3) is 0.778. The molecule has 0 aliphatic carbocycles. The summed E-state index contributed by atoms with van der Waals surface area (Å²) in [7, 11) is 1.47. The summed E-state index contributed by atoms with van der Waals surface area (Å²) in [6.07, 6.45) is 81.8. The van der Waals surface area contributed by atoms with Gasteiger partial charge in [-0.1, -0.05) is 286 Å². The number of quaternary nitrogens is 1. The van der Waals surface area contributed by atoms with Crippen molar-refractivity contribution in [3.05, 3.63) is 85.1 Å². The van der Waals surface area contributed by atoms with Gasteiger partial charge in [0.15, 0.2) is 0 Å². The molecule has 82 heavy (non-hydrogen) atoms. The largest absolute Gasteiger partial charge is 0.472 e. The van der Waals surface area contributed by atoms with Crippen LogP contribution >= 0.6 is 7.82 Å². The number of carbonyl (C=O) groups is 2. The monoisotopic (exact) mass is 1170 g/mol. The van der Waals surface area contributed by atoms with Crippen molar-refractivity contribution in [1.82, 2.24) is 5.32 Å². The number of amides is 1. The number of hydrogen-bond donors (Lipinski definition) is 2. The number of rotatable bonds is 62. The third-order valence-corrected chi connectivity index (χ3v) is 16.1. The zero-order valence-electron chi connectivity index (χ0n) is 54.5. The number of phosphoric acid groups is 1. The molecule has 10 heteroatoms. The van der Waals surface area contributed by atoms with Crippen LogP contribution in [0.15, 0.2) is 85.1 Å². The van der Waals surface area contributed by atoms with Crippen LogP contribution in [0.5, 0.6) is 0 Å². The highest BCUT2D eigenvalue weighted by Crippen LogP contribution is 2.43. The van der Waals surface area contributed by atoms with Gasteiger partial charge in [0, 0.05) is 12.8 Å². The summed E-state index contributed by atoms with van der Waals surface area (Å²) in [6.45, 7) is 6.88. The summed E-state index contributed by atoms with van der Waals surface area (Å²) in [5.41, 5.74) is 0. The molecule has 9 nitrogen and oxygen atoms in total. The minimum absolute atomic E-state index is 0.0295. The van der Waals surface area contributed by atoms with Gasteiger partial charge in [0.1, 0.15) is 19.3 Å². The molecule has 0 rings (SSSR count). The van der Waals surface area contributed by atoms with E-state index >= 15 is 0 Å². The Morgan fingerprint density at radius 3 is 1.21 bits per heavy atom. The Hall–Kier alpha value is -2.81. The SMILES string of the molecule is CC/C=C\C/C=C\C/C=C\C/C=C\C/C=C\CCCC(=O)OC(/C=C\CCCCCCCCCCCC)C(COP(=O)(O)OCC[N+](C)(C)C)NC(=O)CCCCCCCCCCCCCCCCCCC/C=C/CCCCCCCC. The topological polar surface area (TPSA) is 111 Å². The van der Waals surface area contributed by atoms with Crippen molar-refractivity contribution in [3.63, 3.8) is 0 Å². The number of nitrogens with one attached hydrogen (secondary N) is 1.